The fourth-order valence-electron chi connectivity index (χ4n) is 2.52. The van der Waals surface area contributed by atoms with Gasteiger partial charge in [0.1, 0.15) is 5.75 Å². The first-order valence-electron chi connectivity index (χ1n) is 7.59. The Morgan fingerprint density at radius 1 is 1.04 bits per heavy atom. The lowest BCUT2D eigenvalue weighted by molar-refractivity contribution is 0.340. The molecule has 3 aromatic rings. The van der Waals surface area contributed by atoms with E-state index in [0.29, 0.717) is 18.0 Å². The second-order valence-corrected chi connectivity index (χ2v) is 7.19. The molecule has 3 rings (SSSR count). The Bertz CT molecular complexity index is 948. The zero-order chi connectivity index (χ0) is 17.2. The molecule has 0 aliphatic carbocycles. The summed E-state index contributed by atoms with van der Waals surface area (Å²) in [6.45, 7) is 2.42. The third kappa shape index (κ3) is 2.92. The number of nitrogens with zero attached hydrogens (tertiary/aromatic N) is 2. The van der Waals surface area contributed by atoms with Crippen molar-refractivity contribution < 1.29 is 13.2 Å². The molecule has 0 saturated carbocycles. The average Bonchev–Trinajstić information content (AvgIpc) is 2.61. The van der Waals surface area contributed by atoms with Gasteiger partial charge in [0.25, 0.3) is 10.0 Å². The number of pyridine rings is 1. The molecule has 0 N–H and O–H groups in total. The van der Waals surface area contributed by atoms with Crippen LogP contribution in [0.2, 0.25) is 0 Å². The van der Waals surface area contributed by atoms with Crippen LogP contribution in [0.4, 0.5) is 5.69 Å². The van der Waals surface area contributed by atoms with Gasteiger partial charge in [0.05, 0.1) is 22.7 Å². The molecule has 5 nitrogen and oxygen atoms in total. The second-order valence-electron chi connectivity index (χ2n) is 5.22. The number of aromatic nitrogens is 1. The van der Waals surface area contributed by atoms with E-state index in [1.54, 1.807) is 55.7 Å². The molecular formula is C18H18N2O3S. The standard InChI is InChI=1S/C18H18N2O3S/c1-3-23-14-9-11-15(12-10-14)24(21,22)20(2)18-8-4-7-17-16(18)6-5-13-19-17/h4-13H,3H2,1-2H3. The van der Waals surface area contributed by atoms with Crippen molar-refractivity contribution in [2.24, 2.45) is 0 Å². The minimum absolute atomic E-state index is 0.217. The van der Waals surface area contributed by atoms with Crippen LogP contribution < -0.4 is 9.04 Å². The number of hydrogen-bond donors (Lipinski definition) is 0. The van der Waals surface area contributed by atoms with Gasteiger partial charge in [0.2, 0.25) is 0 Å². The molecule has 0 saturated heterocycles. The van der Waals surface area contributed by atoms with E-state index in [4.69, 9.17) is 4.74 Å². The highest BCUT2D eigenvalue weighted by atomic mass is 32.2. The van der Waals surface area contributed by atoms with Gasteiger partial charge in [-0.05, 0) is 55.5 Å². The van der Waals surface area contributed by atoms with Crippen LogP contribution in [-0.2, 0) is 10.0 Å². The fraction of sp³-hybridized carbons (Fsp3) is 0.167. The molecule has 0 bridgehead atoms. The number of benzene rings is 2. The van der Waals surface area contributed by atoms with Gasteiger partial charge in [-0.15, -0.1) is 0 Å². The first-order chi connectivity index (χ1) is 11.5. The van der Waals surface area contributed by atoms with Gasteiger partial charge in [-0.25, -0.2) is 8.42 Å². The molecule has 24 heavy (non-hydrogen) atoms. The van der Waals surface area contributed by atoms with Crippen LogP contribution in [-0.4, -0.2) is 27.1 Å². The SMILES string of the molecule is CCOc1ccc(S(=O)(=O)N(C)c2cccc3ncccc23)cc1. The van der Waals surface area contributed by atoms with Crippen molar-refractivity contribution >= 4 is 26.6 Å². The van der Waals surface area contributed by atoms with Crippen LogP contribution >= 0.6 is 0 Å². The number of anilines is 1. The highest BCUT2D eigenvalue weighted by molar-refractivity contribution is 7.92. The van der Waals surface area contributed by atoms with Crippen LogP contribution in [0.5, 0.6) is 5.75 Å². The van der Waals surface area contributed by atoms with Crippen molar-refractivity contribution in [2.75, 3.05) is 18.0 Å². The van der Waals surface area contributed by atoms with E-state index < -0.39 is 10.0 Å². The van der Waals surface area contributed by atoms with Crippen LogP contribution in [0.3, 0.4) is 0 Å². The third-order valence-corrected chi connectivity index (χ3v) is 5.54. The highest BCUT2D eigenvalue weighted by Crippen LogP contribution is 2.29. The minimum Gasteiger partial charge on any atom is -0.494 e. The van der Waals surface area contributed by atoms with Crippen molar-refractivity contribution in [3.63, 3.8) is 0 Å². The Labute approximate surface area is 141 Å². The maximum atomic E-state index is 12.9. The normalized spacial score (nSPS) is 11.4. The van der Waals surface area contributed by atoms with E-state index in [0.717, 1.165) is 10.9 Å². The van der Waals surface area contributed by atoms with Crippen molar-refractivity contribution in [2.45, 2.75) is 11.8 Å². The van der Waals surface area contributed by atoms with Gasteiger partial charge in [-0.2, -0.15) is 0 Å². The molecule has 6 heteroatoms. The molecule has 1 aromatic heterocycles. The summed E-state index contributed by atoms with van der Waals surface area (Å²) in [7, 11) is -2.12. The summed E-state index contributed by atoms with van der Waals surface area (Å²) in [4.78, 5) is 4.49. The highest BCUT2D eigenvalue weighted by Gasteiger charge is 2.22. The van der Waals surface area contributed by atoms with E-state index in [-0.39, 0.29) is 4.90 Å². The van der Waals surface area contributed by atoms with Crippen molar-refractivity contribution in [3.8, 4) is 5.75 Å². The lowest BCUT2D eigenvalue weighted by Gasteiger charge is -2.21. The van der Waals surface area contributed by atoms with E-state index in [1.165, 1.54) is 4.31 Å². The summed E-state index contributed by atoms with van der Waals surface area (Å²) in [6.07, 6.45) is 1.69. The molecule has 0 radical (unpaired) electrons. The predicted octanol–water partition coefficient (Wildman–Crippen LogP) is 3.46. The predicted molar refractivity (Wildman–Crippen MR) is 94.9 cm³/mol. The van der Waals surface area contributed by atoms with Crippen LogP contribution in [0.25, 0.3) is 10.9 Å². The average molecular weight is 342 g/mol. The molecule has 0 aliphatic heterocycles. The Balaban J connectivity index is 2.02. The molecular weight excluding hydrogens is 324 g/mol. The molecule has 0 aliphatic rings. The van der Waals surface area contributed by atoms with Crippen LogP contribution in [0, 0.1) is 0 Å². The Morgan fingerprint density at radius 2 is 1.79 bits per heavy atom. The van der Waals surface area contributed by atoms with Gasteiger partial charge < -0.3 is 4.74 Å². The summed E-state index contributed by atoms with van der Waals surface area (Å²) < 4.78 is 32.5. The number of sulfonamides is 1. The largest absolute Gasteiger partial charge is 0.494 e. The molecule has 0 unspecified atom stereocenters. The van der Waals surface area contributed by atoms with Crippen molar-refractivity contribution in [1.82, 2.24) is 4.98 Å². The zero-order valence-electron chi connectivity index (χ0n) is 13.5. The van der Waals surface area contributed by atoms with E-state index in [1.807, 2.05) is 19.1 Å². The molecule has 1 heterocycles. The first-order valence-corrected chi connectivity index (χ1v) is 9.03. The van der Waals surface area contributed by atoms with Gasteiger partial charge in [-0.1, -0.05) is 6.07 Å². The Kier molecular flexibility index (Phi) is 4.40. The van der Waals surface area contributed by atoms with Crippen LogP contribution in [0.15, 0.2) is 65.7 Å². The number of hydrogen-bond acceptors (Lipinski definition) is 4. The molecule has 124 valence electrons. The zero-order valence-corrected chi connectivity index (χ0v) is 14.3. The van der Waals surface area contributed by atoms with Crippen molar-refractivity contribution in [3.05, 3.63) is 60.8 Å². The monoisotopic (exact) mass is 342 g/mol. The topological polar surface area (TPSA) is 59.5 Å². The molecule has 0 spiro atoms. The molecule has 0 amide bonds. The van der Waals surface area contributed by atoms with Crippen LogP contribution in [0.1, 0.15) is 6.92 Å². The number of rotatable bonds is 5. The summed E-state index contributed by atoms with van der Waals surface area (Å²) in [5.41, 5.74) is 1.35. The van der Waals surface area contributed by atoms with E-state index in [2.05, 4.69) is 4.98 Å². The maximum Gasteiger partial charge on any atom is 0.264 e. The molecule has 0 atom stereocenters. The number of ether oxygens (including phenoxy) is 1. The maximum absolute atomic E-state index is 12.9. The molecule has 0 fully saturated rings. The summed E-state index contributed by atoms with van der Waals surface area (Å²) in [6, 6.07) is 15.5. The Morgan fingerprint density at radius 3 is 2.50 bits per heavy atom. The fourth-order valence-corrected chi connectivity index (χ4v) is 3.74. The minimum atomic E-state index is -3.67. The quantitative estimate of drug-likeness (QED) is 0.712. The molecule has 2 aromatic carbocycles. The lowest BCUT2D eigenvalue weighted by atomic mass is 10.2. The summed E-state index contributed by atoms with van der Waals surface area (Å²) in [5.74, 6) is 0.647. The first kappa shape index (κ1) is 16.3. The van der Waals surface area contributed by atoms with Gasteiger partial charge >= 0.3 is 0 Å². The Hall–Kier alpha value is -2.60. The number of fused-ring (bicyclic) bond motifs is 1. The van der Waals surface area contributed by atoms with Gasteiger partial charge in [-0.3, -0.25) is 9.29 Å². The second kappa shape index (κ2) is 6.49. The van der Waals surface area contributed by atoms with Gasteiger partial charge in [0, 0.05) is 18.6 Å². The van der Waals surface area contributed by atoms with E-state index in [9.17, 15) is 8.42 Å². The smallest absolute Gasteiger partial charge is 0.264 e. The summed E-state index contributed by atoms with van der Waals surface area (Å²) >= 11 is 0. The third-order valence-electron chi connectivity index (χ3n) is 3.76. The lowest BCUT2D eigenvalue weighted by Crippen LogP contribution is -2.26. The van der Waals surface area contributed by atoms with Crippen molar-refractivity contribution in [1.29, 1.82) is 0 Å². The van der Waals surface area contributed by atoms with E-state index >= 15 is 0 Å². The van der Waals surface area contributed by atoms with Gasteiger partial charge in [0.15, 0.2) is 0 Å². The summed E-state index contributed by atoms with van der Waals surface area (Å²) in [5, 5.41) is 0.789.